The molecule has 0 spiro atoms. The van der Waals surface area contributed by atoms with E-state index in [0.717, 1.165) is 18.4 Å². The van der Waals surface area contributed by atoms with Gasteiger partial charge in [-0.25, -0.2) is 0 Å². The molecule has 0 amide bonds. The molecule has 1 heterocycles. The van der Waals surface area contributed by atoms with Crippen LogP contribution in [0.3, 0.4) is 0 Å². The monoisotopic (exact) mass is 226 g/mol. The van der Waals surface area contributed by atoms with Gasteiger partial charge in [0.1, 0.15) is 0 Å². The lowest BCUT2D eigenvalue weighted by Crippen LogP contribution is -2.28. The van der Waals surface area contributed by atoms with E-state index in [1.165, 1.54) is 0 Å². The average Bonchev–Trinajstić information content (AvgIpc) is 2.61. The molecular formula is C12H22N2O2. The van der Waals surface area contributed by atoms with E-state index in [2.05, 4.69) is 5.10 Å². The van der Waals surface area contributed by atoms with Crippen LogP contribution >= 0.6 is 0 Å². The van der Waals surface area contributed by atoms with E-state index < -0.39 is 0 Å². The maximum atomic E-state index is 9.88. The van der Waals surface area contributed by atoms with Gasteiger partial charge in [0.25, 0.3) is 0 Å². The first-order chi connectivity index (χ1) is 7.43. The minimum atomic E-state index is -0.324. The van der Waals surface area contributed by atoms with E-state index in [-0.39, 0.29) is 11.7 Å². The van der Waals surface area contributed by atoms with Gasteiger partial charge in [-0.2, -0.15) is 5.10 Å². The Labute approximate surface area is 97.2 Å². The molecule has 92 valence electrons. The molecule has 0 aliphatic rings. The zero-order valence-corrected chi connectivity index (χ0v) is 10.6. The van der Waals surface area contributed by atoms with E-state index in [0.29, 0.717) is 6.42 Å². The Morgan fingerprint density at radius 1 is 1.56 bits per heavy atom. The summed E-state index contributed by atoms with van der Waals surface area (Å²) < 4.78 is 7.07. The number of rotatable bonds is 6. The van der Waals surface area contributed by atoms with Crippen molar-refractivity contribution in [3.63, 3.8) is 0 Å². The molecule has 1 atom stereocenters. The quantitative estimate of drug-likeness (QED) is 0.800. The largest absolute Gasteiger partial charge is 0.393 e. The summed E-state index contributed by atoms with van der Waals surface area (Å²) in [7, 11) is 3.57. The third kappa shape index (κ3) is 4.33. The Kier molecular flexibility index (Phi) is 4.50. The highest BCUT2D eigenvalue weighted by Gasteiger charge is 2.21. The fraction of sp³-hybridized carbons (Fsp3) is 0.750. The number of aliphatic hydroxyl groups excluding tert-OH is 1. The second-order valence-corrected chi connectivity index (χ2v) is 4.88. The van der Waals surface area contributed by atoms with Crippen LogP contribution < -0.4 is 0 Å². The first kappa shape index (κ1) is 13.2. The number of methoxy groups -OCH3 is 1. The van der Waals surface area contributed by atoms with Gasteiger partial charge in [-0.05, 0) is 32.3 Å². The number of aryl methyl sites for hydroxylation is 2. The van der Waals surface area contributed by atoms with Crippen molar-refractivity contribution < 1.29 is 9.84 Å². The van der Waals surface area contributed by atoms with E-state index in [1.54, 1.807) is 11.8 Å². The molecule has 0 radical (unpaired) electrons. The maximum Gasteiger partial charge on any atom is 0.0647 e. The minimum Gasteiger partial charge on any atom is -0.393 e. The van der Waals surface area contributed by atoms with Crippen molar-refractivity contribution in [2.24, 2.45) is 7.05 Å². The van der Waals surface area contributed by atoms with Gasteiger partial charge < -0.3 is 9.84 Å². The zero-order valence-electron chi connectivity index (χ0n) is 10.6. The molecule has 1 unspecified atom stereocenters. The molecule has 16 heavy (non-hydrogen) atoms. The van der Waals surface area contributed by atoms with Gasteiger partial charge in [0.05, 0.1) is 17.9 Å². The summed E-state index contributed by atoms with van der Waals surface area (Å²) in [5.41, 5.74) is 0.908. The van der Waals surface area contributed by atoms with Gasteiger partial charge in [-0.3, -0.25) is 4.68 Å². The summed E-state index contributed by atoms with van der Waals surface area (Å²) >= 11 is 0. The molecule has 0 saturated heterocycles. The Bertz CT molecular complexity index is 321. The maximum absolute atomic E-state index is 9.88. The minimum absolute atomic E-state index is 0.256. The summed E-state index contributed by atoms with van der Waals surface area (Å²) in [6.07, 6.45) is 5.76. The van der Waals surface area contributed by atoms with Crippen molar-refractivity contribution in [1.82, 2.24) is 9.78 Å². The van der Waals surface area contributed by atoms with Crippen molar-refractivity contribution in [3.8, 4) is 0 Å². The second-order valence-electron chi connectivity index (χ2n) is 4.88. The Hall–Kier alpha value is -0.870. The van der Waals surface area contributed by atoms with Crippen LogP contribution in [0.2, 0.25) is 0 Å². The van der Waals surface area contributed by atoms with Crippen molar-refractivity contribution in [3.05, 3.63) is 18.0 Å². The van der Waals surface area contributed by atoms with Crippen LogP contribution in [-0.2, 0) is 18.2 Å². The molecule has 1 aromatic rings. The van der Waals surface area contributed by atoms with Crippen LogP contribution in [0.25, 0.3) is 0 Å². The first-order valence-corrected chi connectivity index (χ1v) is 5.64. The molecule has 4 heteroatoms. The van der Waals surface area contributed by atoms with Crippen molar-refractivity contribution in [2.45, 2.75) is 44.8 Å². The van der Waals surface area contributed by atoms with Crippen LogP contribution in [0.4, 0.5) is 0 Å². The SMILES string of the molecule is COC(C)(C)CC(O)CCc1cnn(C)c1. The molecule has 0 fully saturated rings. The number of aromatic nitrogens is 2. The lowest BCUT2D eigenvalue weighted by atomic mass is 9.97. The molecular weight excluding hydrogens is 204 g/mol. The number of hydrogen-bond donors (Lipinski definition) is 1. The van der Waals surface area contributed by atoms with Gasteiger partial charge in [0.2, 0.25) is 0 Å². The van der Waals surface area contributed by atoms with E-state index >= 15 is 0 Å². The summed E-state index contributed by atoms with van der Waals surface area (Å²) in [5, 5.41) is 14.0. The van der Waals surface area contributed by atoms with Crippen LogP contribution in [0.5, 0.6) is 0 Å². The third-order valence-corrected chi connectivity index (χ3v) is 2.80. The Balaban J connectivity index is 2.33. The summed E-state index contributed by atoms with van der Waals surface area (Å²) in [5.74, 6) is 0. The van der Waals surface area contributed by atoms with Gasteiger partial charge in [0.15, 0.2) is 0 Å². The van der Waals surface area contributed by atoms with E-state index in [4.69, 9.17) is 4.74 Å². The third-order valence-electron chi connectivity index (χ3n) is 2.80. The summed E-state index contributed by atoms with van der Waals surface area (Å²) in [6.45, 7) is 3.97. The number of hydrogen-bond acceptors (Lipinski definition) is 3. The standard InChI is InChI=1S/C12H22N2O2/c1-12(2,16-4)7-11(15)6-5-10-8-13-14(3)9-10/h8-9,11,15H,5-7H2,1-4H3. The van der Waals surface area contributed by atoms with Crippen molar-refractivity contribution in [2.75, 3.05) is 7.11 Å². The lowest BCUT2D eigenvalue weighted by molar-refractivity contribution is -0.0209. The molecule has 1 rings (SSSR count). The molecule has 0 saturated carbocycles. The van der Waals surface area contributed by atoms with Crippen LogP contribution in [0.15, 0.2) is 12.4 Å². The van der Waals surface area contributed by atoms with Crippen molar-refractivity contribution >= 4 is 0 Å². The average molecular weight is 226 g/mol. The molecule has 0 aliphatic carbocycles. The molecule has 0 aliphatic heterocycles. The van der Waals surface area contributed by atoms with E-state index in [9.17, 15) is 5.11 Å². The van der Waals surface area contributed by atoms with Crippen molar-refractivity contribution in [1.29, 1.82) is 0 Å². The topological polar surface area (TPSA) is 47.3 Å². The Morgan fingerprint density at radius 2 is 2.25 bits per heavy atom. The zero-order chi connectivity index (χ0) is 12.2. The molecule has 0 bridgehead atoms. The second kappa shape index (κ2) is 5.46. The van der Waals surface area contributed by atoms with Gasteiger partial charge in [0, 0.05) is 26.8 Å². The number of aliphatic hydroxyl groups is 1. The normalized spacial score (nSPS) is 14.1. The Morgan fingerprint density at radius 3 is 2.75 bits per heavy atom. The molecule has 0 aromatic carbocycles. The fourth-order valence-electron chi connectivity index (χ4n) is 1.69. The number of nitrogens with zero attached hydrogens (tertiary/aromatic N) is 2. The molecule has 1 aromatic heterocycles. The highest BCUT2D eigenvalue weighted by atomic mass is 16.5. The predicted molar refractivity (Wildman–Crippen MR) is 63.2 cm³/mol. The number of ether oxygens (including phenoxy) is 1. The molecule has 1 N–H and O–H groups in total. The highest BCUT2D eigenvalue weighted by Crippen LogP contribution is 2.18. The van der Waals surface area contributed by atoms with Crippen LogP contribution in [0, 0.1) is 0 Å². The van der Waals surface area contributed by atoms with Crippen LogP contribution in [0.1, 0.15) is 32.3 Å². The lowest BCUT2D eigenvalue weighted by Gasteiger charge is -2.25. The smallest absolute Gasteiger partial charge is 0.0647 e. The first-order valence-electron chi connectivity index (χ1n) is 5.64. The van der Waals surface area contributed by atoms with Gasteiger partial charge >= 0.3 is 0 Å². The van der Waals surface area contributed by atoms with Gasteiger partial charge in [-0.1, -0.05) is 0 Å². The summed E-state index contributed by atoms with van der Waals surface area (Å²) in [4.78, 5) is 0. The molecule has 4 nitrogen and oxygen atoms in total. The van der Waals surface area contributed by atoms with Crippen LogP contribution in [-0.4, -0.2) is 33.7 Å². The predicted octanol–water partition coefficient (Wildman–Crippen LogP) is 1.53. The van der Waals surface area contributed by atoms with E-state index in [1.807, 2.05) is 33.3 Å². The highest BCUT2D eigenvalue weighted by molar-refractivity contribution is 5.03. The van der Waals surface area contributed by atoms with Gasteiger partial charge in [-0.15, -0.1) is 0 Å². The fourth-order valence-corrected chi connectivity index (χ4v) is 1.69. The summed E-state index contributed by atoms with van der Waals surface area (Å²) in [6, 6.07) is 0.